The minimum absolute atomic E-state index is 0.871. The number of para-hydroxylation sites is 2. The molecule has 234 valence electrons. The summed E-state index contributed by atoms with van der Waals surface area (Å²) in [5, 5.41) is 9.67. The van der Waals surface area contributed by atoms with Crippen molar-refractivity contribution in [3.8, 4) is 22.3 Å². The van der Waals surface area contributed by atoms with E-state index in [-0.39, 0.29) is 0 Å². The summed E-state index contributed by atoms with van der Waals surface area (Å²) in [6.07, 6.45) is 0. The Labute approximate surface area is 290 Å². The van der Waals surface area contributed by atoms with Gasteiger partial charge in [0.15, 0.2) is 5.58 Å². The quantitative estimate of drug-likeness (QED) is 0.175. The third-order valence-corrected chi connectivity index (χ3v) is 10.0. The lowest BCUT2D eigenvalue weighted by Gasteiger charge is -2.26. The van der Waals surface area contributed by atoms with Crippen molar-refractivity contribution in [3.63, 3.8) is 0 Å². The van der Waals surface area contributed by atoms with Crippen LogP contribution in [-0.2, 0) is 0 Å². The summed E-state index contributed by atoms with van der Waals surface area (Å²) in [4.78, 5) is 2.34. The van der Waals surface area contributed by atoms with Crippen molar-refractivity contribution in [2.24, 2.45) is 0 Å². The third-order valence-electron chi connectivity index (χ3n) is 10.0. The maximum Gasteiger partial charge on any atom is 0.159 e. The number of furan rings is 1. The Morgan fingerprint density at radius 1 is 0.340 bits per heavy atom. The third kappa shape index (κ3) is 4.65. The summed E-state index contributed by atoms with van der Waals surface area (Å²) < 4.78 is 6.63. The average molecular weight is 638 g/mol. The summed E-state index contributed by atoms with van der Waals surface area (Å²) in [6, 6.07) is 67.5. The molecule has 0 atom stereocenters. The normalized spacial score (nSPS) is 11.6. The van der Waals surface area contributed by atoms with Gasteiger partial charge in [0.25, 0.3) is 0 Å². The topological polar surface area (TPSA) is 16.4 Å². The molecule has 0 radical (unpaired) electrons. The minimum Gasteiger partial charge on any atom is -0.454 e. The van der Waals surface area contributed by atoms with Gasteiger partial charge in [-0.2, -0.15) is 0 Å². The first-order chi connectivity index (χ1) is 24.8. The Balaban J connectivity index is 1.16. The second kappa shape index (κ2) is 11.5. The first kappa shape index (κ1) is 28.4. The number of rotatable bonds is 5. The van der Waals surface area contributed by atoms with Crippen molar-refractivity contribution < 1.29 is 4.42 Å². The van der Waals surface area contributed by atoms with Crippen molar-refractivity contribution in [3.05, 3.63) is 188 Å². The molecule has 0 aliphatic rings. The van der Waals surface area contributed by atoms with Crippen molar-refractivity contribution in [1.82, 2.24) is 0 Å². The van der Waals surface area contributed by atoms with E-state index < -0.39 is 0 Å². The van der Waals surface area contributed by atoms with Gasteiger partial charge in [-0.1, -0.05) is 146 Å². The number of anilines is 3. The number of hydrogen-bond donors (Lipinski definition) is 0. The van der Waals surface area contributed by atoms with Gasteiger partial charge in [-0.3, -0.25) is 0 Å². The van der Waals surface area contributed by atoms with Crippen LogP contribution in [0.15, 0.2) is 192 Å². The highest BCUT2D eigenvalue weighted by Crippen LogP contribution is 2.44. The lowest BCUT2D eigenvalue weighted by Crippen LogP contribution is -2.10. The average Bonchev–Trinajstić information content (AvgIpc) is 3.57. The van der Waals surface area contributed by atoms with Crippen LogP contribution in [0.4, 0.5) is 17.1 Å². The van der Waals surface area contributed by atoms with Crippen LogP contribution in [0.5, 0.6) is 0 Å². The van der Waals surface area contributed by atoms with Crippen LogP contribution >= 0.6 is 0 Å². The molecule has 0 unspecified atom stereocenters. The highest BCUT2D eigenvalue weighted by Gasteiger charge is 2.20. The molecular formula is C48H31NO. The van der Waals surface area contributed by atoms with Crippen LogP contribution < -0.4 is 4.90 Å². The smallest absolute Gasteiger partial charge is 0.159 e. The van der Waals surface area contributed by atoms with E-state index in [1.54, 1.807) is 0 Å². The predicted molar refractivity (Wildman–Crippen MR) is 212 cm³/mol. The zero-order chi connectivity index (χ0) is 33.0. The first-order valence-corrected chi connectivity index (χ1v) is 17.1. The van der Waals surface area contributed by atoms with Gasteiger partial charge in [0, 0.05) is 22.1 Å². The van der Waals surface area contributed by atoms with Crippen LogP contribution in [0.25, 0.3) is 76.5 Å². The van der Waals surface area contributed by atoms with E-state index in [1.807, 2.05) is 12.1 Å². The maximum absolute atomic E-state index is 6.63. The Hall–Kier alpha value is -6.64. The van der Waals surface area contributed by atoms with E-state index in [0.29, 0.717) is 0 Å². The van der Waals surface area contributed by atoms with Gasteiger partial charge in [-0.15, -0.1) is 0 Å². The summed E-state index contributed by atoms with van der Waals surface area (Å²) in [7, 11) is 0. The van der Waals surface area contributed by atoms with Crippen molar-refractivity contribution in [2.45, 2.75) is 0 Å². The van der Waals surface area contributed by atoms with E-state index in [1.165, 1.54) is 49.0 Å². The number of benzene rings is 9. The fourth-order valence-corrected chi connectivity index (χ4v) is 7.64. The van der Waals surface area contributed by atoms with E-state index in [9.17, 15) is 0 Å². The van der Waals surface area contributed by atoms with Crippen LogP contribution in [0.1, 0.15) is 0 Å². The van der Waals surface area contributed by atoms with Crippen LogP contribution in [0, 0.1) is 0 Å². The monoisotopic (exact) mass is 637 g/mol. The van der Waals surface area contributed by atoms with Gasteiger partial charge >= 0.3 is 0 Å². The molecule has 2 heteroatoms. The molecule has 0 aliphatic carbocycles. The fourth-order valence-electron chi connectivity index (χ4n) is 7.64. The molecule has 0 fully saturated rings. The molecule has 0 spiro atoms. The SMILES string of the molecule is c1cc(-c2cccc(N(c3ccc4c(ccc5ccccc54)c3)c3cccc4c3oc3ccccc34)c2)cc(-c2cccc3ccccc23)c1. The molecule has 0 saturated heterocycles. The van der Waals surface area contributed by atoms with Gasteiger partial charge in [-0.25, -0.2) is 0 Å². The minimum atomic E-state index is 0.871. The number of fused-ring (bicyclic) bond motifs is 7. The van der Waals surface area contributed by atoms with E-state index >= 15 is 0 Å². The Morgan fingerprint density at radius 3 is 1.84 bits per heavy atom. The summed E-state index contributed by atoms with van der Waals surface area (Å²) in [5.41, 5.74) is 9.66. The van der Waals surface area contributed by atoms with E-state index in [0.717, 1.165) is 44.6 Å². The molecule has 10 aromatic rings. The Morgan fingerprint density at radius 2 is 0.940 bits per heavy atom. The highest BCUT2D eigenvalue weighted by atomic mass is 16.3. The van der Waals surface area contributed by atoms with Crippen LogP contribution in [0.3, 0.4) is 0 Å². The second-order valence-electron chi connectivity index (χ2n) is 12.9. The van der Waals surface area contributed by atoms with Gasteiger partial charge in [-0.05, 0) is 97.0 Å². The molecule has 0 N–H and O–H groups in total. The van der Waals surface area contributed by atoms with Gasteiger partial charge in [0.2, 0.25) is 0 Å². The second-order valence-corrected chi connectivity index (χ2v) is 12.9. The highest BCUT2D eigenvalue weighted by molar-refractivity contribution is 6.12. The molecule has 0 bridgehead atoms. The number of hydrogen-bond acceptors (Lipinski definition) is 2. The molecular weight excluding hydrogens is 607 g/mol. The first-order valence-electron chi connectivity index (χ1n) is 17.1. The van der Waals surface area contributed by atoms with Gasteiger partial charge < -0.3 is 9.32 Å². The molecule has 1 heterocycles. The van der Waals surface area contributed by atoms with E-state index in [2.05, 4.69) is 181 Å². The lowest BCUT2D eigenvalue weighted by molar-refractivity contribution is 0.669. The summed E-state index contributed by atoms with van der Waals surface area (Å²) >= 11 is 0. The van der Waals surface area contributed by atoms with Crippen LogP contribution in [0.2, 0.25) is 0 Å². The zero-order valence-electron chi connectivity index (χ0n) is 27.3. The predicted octanol–water partition coefficient (Wildman–Crippen LogP) is 13.8. The van der Waals surface area contributed by atoms with Crippen molar-refractivity contribution >= 4 is 71.3 Å². The lowest BCUT2D eigenvalue weighted by atomic mass is 9.95. The standard InChI is InChI=1S/C48H31NO/c1-3-18-40-32(11-1)13-9-21-42(40)36-16-7-14-34(29-36)35-15-8-17-38(30-35)49(46-23-10-22-45-44-20-5-6-24-47(44)50-48(45)46)39-27-28-43-37(31-39)26-25-33-12-2-4-19-41(33)43/h1-31H. The zero-order valence-corrected chi connectivity index (χ0v) is 27.3. The molecule has 2 nitrogen and oxygen atoms in total. The molecule has 0 saturated carbocycles. The van der Waals surface area contributed by atoms with Gasteiger partial charge in [0.05, 0.1) is 5.69 Å². The molecule has 50 heavy (non-hydrogen) atoms. The molecule has 0 aliphatic heterocycles. The fraction of sp³-hybridized carbons (Fsp3) is 0. The molecule has 9 aromatic carbocycles. The Kier molecular flexibility index (Phi) is 6.53. The largest absolute Gasteiger partial charge is 0.454 e. The summed E-state index contributed by atoms with van der Waals surface area (Å²) in [5.74, 6) is 0. The molecule has 0 amide bonds. The van der Waals surface area contributed by atoms with Crippen molar-refractivity contribution in [1.29, 1.82) is 0 Å². The number of nitrogens with zero attached hydrogens (tertiary/aromatic N) is 1. The maximum atomic E-state index is 6.63. The van der Waals surface area contributed by atoms with E-state index in [4.69, 9.17) is 4.42 Å². The Bertz CT molecular complexity index is 2890. The molecule has 10 rings (SSSR count). The van der Waals surface area contributed by atoms with Crippen LogP contribution in [-0.4, -0.2) is 0 Å². The molecule has 1 aromatic heterocycles. The van der Waals surface area contributed by atoms with Gasteiger partial charge in [0.1, 0.15) is 5.58 Å². The summed E-state index contributed by atoms with van der Waals surface area (Å²) in [6.45, 7) is 0. The van der Waals surface area contributed by atoms with Crippen molar-refractivity contribution in [2.75, 3.05) is 4.90 Å².